The number of nitrogens with zero attached hydrogens (tertiary/aromatic N) is 4. The van der Waals surface area contributed by atoms with E-state index in [0.717, 1.165) is 0 Å². The van der Waals surface area contributed by atoms with Crippen molar-refractivity contribution in [2.24, 2.45) is 17.9 Å². The number of aromatic nitrogens is 3. The molecule has 2 rings (SSSR count). The maximum Gasteiger partial charge on any atom is 0.251 e. The Kier molecular flexibility index (Phi) is 4.17. The number of nitrogens with one attached hydrogen (secondary N) is 1. The van der Waals surface area contributed by atoms with E-state index in [4.69, 9.17) is 10.9 Å². The lowest BCUT2D eigenvalue weighted by atomic mass is 10.1. The summed E-state index contributed by atoms with van der Waals surface area (Å²) in [5.41, 5.74) is 6.39. The van der Waals surface area contributed by atoms with E-state index in [-0.39, 0.29) is 17.8 Å². The van der Waals surface area contributed by atoms with Crippen LogP contribution in [0.4, 0.5) is 0 Å². The Hall–Kier alpha value is -2.90. The maximum absolute atomic E-state index is 12.2. The van der Waals surface area contributed by atoms with Gasteiger partial charge in [0.15, 0.2) is 11.7 Å². The zero-order valence-corrected chi connectivity index (χ0v) is 11.7. The molecule has 1 amide bonds. The molecule has 0 radical (unpaired) electrons. The molecule has 1 aromatic heterocycles. The number of hydrogen-bond donors (Lipinski definition) is 3. The van der Waals surface area contributed by atoms with Gasteiger partial charge in [-0.05, 0) is 19.1 Å². The Morgan fingerprint density at radius 2 is 2.19 bits per heavy atom. The molecule has 110 valence electrons. The second kappa shape index (κ2) is 6.04. The molecule has 1 atom stereocenters. The SMILES string of the molecule is CC(NC(=O)c1cccc(C(N)=NO)c1)c1nncn1C. The van der Waals surface area contributed by atoms with E-state index >= 15 is 0 Å². The first kappa shape index (κ1) is 14.5. The van der Waals surface area contributed by atoms with Crippen LogP contribution >= 0.6 is 0 Å². The maximum atomic E-state index is 12.2. The highest BCUT2D eigenvalue weighted by atomic mass is 16.4. The van der Waals surface area contributed by atoms with Crippen molar-refractivity contribution in [2.75, 3.05) is 0 Å². The normalized spacial score (nSPS) is 13.0. The molecule has 0 saturated carbocycles. The van der Waals surface area contributed by atoms with Gasteiger partial charge in [-0.25, -0.2) is 0 Å². The molecule has 0 spiro atoms. The number of amidine groups is 1. The van der Waals surface area contributed by atoms with E-state index < -0.39 is 0 Å². The van der Waals surface area contributed by atoms with Crippen LogP contribution in [0.2, 0.25) is 0 Å². The predicted molar refractivity (Wildman–Crippen MR) is 75.8 cm³/mol. The summed E-state index contributed by atoms with van der Waals surface area (Å²) in [7, 11) is 1.80. The van der Waals surface area contributed by atoms with E-state index in [1.54, 1.807) is 42.2 Å². The highest BCUT2D eigenvalue weighted by Crippen LogP contribution is 2.10. The van der Waals surface area contributed by atoms with Crippen molar-refractivity contribution in [3.63, 3.8) is 0 Å². The van der Waals surface area contributed by atoms with Gasteiger partial charge in [0.05, 0.1) is 6.04 Å². The number of nitrogens with two attached hydrogens (primary N) is 1. The Morgan fingerprint density at radius 3 is 2.81 bits per heavy atom. The summed E-state index contributed by atoms with van der Waals surface area (Å²) in [6, 6.07) is 6.21. The smallest absolute Gasteiger partial charge is 0.251 e. The van der Waals surface area contributed by atoms with Gasteiger partial charge < -0.3 is 20.8 Å². The third kappa shape index (κ3) is 3.16. The lowest BCUT2D eigenvalue weighted by molar-refractivity contribution is 0.0937. The number of carbonyl (C=O) groups is 1. The third-order valence-corrected chi connectivity index (χ3v) is 3.01. The molecule has 1 unspecified atom stereocenters. The van der Waals surface area contributed by atoms with Crippen LogP contribution in [-0.2, 0) is 7.05 Å². The predicted octanol–water partition coefficient (Wildman–Crippen LogP) is 0.401. The summed E-state index contributed by atoms with van der Waals surface area (Å²) in [4.78, 5) is 12.2. The van der Waals surface area contributed by atoms with E-state index in [1.165, 1.54) is 0 Å². The molecule has 4 N–H and O–H groups in total. The molecule has 0 aliphatic heterocycles. The van der Waals surface area contributed by atoms with Gasteiger partial charge >= 0.3 is 0 Å². The van der Waals surface area contributed by atoms with Gasteiger partial charge in [0.25, 0.3) is 5.91 Å². The third-order valence-electron chi connectivity index (χ3n) is 3.01. The van der Waals surface area contributed by atoms with Crippen LogP contribution in [0, 0.1) is 0 Å². The van der Waals surface area contributed by atoms with Crippen LogP contribution in [0.3, 0.4) is 0 Å². The zero-order chi connectivity index (χ0) is 15.4. The number of benzene rings is 1. The van der Waals surface area contributed by atoms with Gasteiger partial charge in [-0.15, -0.1) is 10.2 Å². The van der Waals surface area contributed by atoms with Crippen molar-refractivity contribution in [3.05, 3.63) is 47.5 Å². The van der Waals surface area contributed by atoms with Gasteiger partial charge in [-0.2, -0.15) is 0 Å². The molecule has 21 heavy (non-hydrogen) atoms. The summed E-state index contributed by atoms with van der Waals surface area (Å²) in [6.45, 7) is 1.81. The Balaban J connectivity index is 2.16. The molecule has 0 saturated heterocycles. The average molecular weight is 288 g/mol. The fourth-order valence-corrected chi connectivity index (χ4v) is 1.91. The number of hydrogen-bond acceptors (Lipinski definition) is 5. The minimum atomic E-state index is -0.294. The van der Waals surface area contributed by atoms with Crippen LogP contribution in [-0.4, -0.2) is 31.7 Å². The summed E-state index contributed by atoms with van der Waals surface area (Å²) in [6.07, 6.45) is 1.57. The van der Waals surface area contributed by atoms with Gasteiger partial charge in [0, 0.05) is 18.2 Å². The van der Waals surface area contributed by atoms with Crippen molar-refractivity contribution in [3.8, 4) is 0 Å². The molecule has 8 heteroatoms. The average Bonchev–Trinajstić information content (AvgIpc) is 2.92. The first-order valence-electron chi connectivity index (χ1n) is 6.25. The molecule has 0 aliphatic rings. The molecule has 8 nitrogen and oxygen atoms in total. The highest BCUT2D eigenvalue weighted by molar-refractivity contribution is 6.01. The number of amides is 1. The summed E-state index contributed by atoms with van der Waals surface area (Å²) >= 11 is 0. The largest absolute Gasteiger partial charge is 0.409 e. The van der Waals surface area contributed by atoms with E-state index in [2.05, 4.69) is 20.7 Å². The topological polar surface area (TPSA) is 118 Å². The molecular weight excluding hydrogens is 272 g/mol. The van der Waals surface area contributed by atoms with Crippen molar-refractivity contribution < 1.29 is 10.0 Å². The van der Waals surface area contributed by atoms with Crippen molar-refractivity contribution in [2.45, 2.75) is 13.0 Å². The van der Waals surface area contributed by atoms with Gasteiger partial charge in [-0.3, -0.25) is 4.79 Å². The Bertz CT molecular complexity index is 679. The molecule has 0 bridgehead atoms. The van der Waals surface area contributed by atoms with Crippen molar-refractivity contribution >= 4 is 11.7 Å². The Morgan fingerprint density at radius 1 is 1.48 bits per heavy atom. The summed E-state index contributed by atoms with van der Waals surface area (Å²) < 4.78 is 1.73. The van der Waals surface area contributed by atoms with Crippen LogP contribution in [0.1, 0.15) is 34.7 Å². The van der Waals surface area contributed by atoms with Gasteiger partial charge in [-0.1, -0.05) is 17.3 Å². The number of rotatable bonds is 4. The second-order valence-electron chi connectivity index (χ2n) is 4.56. The van der Waals surface area contributed by atoms with Crippen molar-refractivity contribution in [1.82, 2.24) is 20.1 Å². The first-order chi connectivity index (χ1) is 10.0. The van der Waals surface area contributed by atoms with Crippen molar-refractivity contribution in [1.29, 1.82) is 0 Å². The van der Waals surface area contributed by atoms with Crippen LogP contribution < -0.4 is 11.1 Å². The molecule has 1 aromatic carbocycles. The molecular formula is C13H16N6O2. The fraction of sp³-hybridized carbons (Fsp3) is 0.231. The molecule has 0 fully saturated rings. The monoisotopic (exact) mass is 288 g/mol. The lowest BCUT2D eigenvalue weighted by Crippen LogP contribution is -2.28. The van der Waals surface area contributed by atoms with Crippen LogP contribution in [0.15, 0.2) is 35.7 Å². The fourth-order valence-electron chi connectivity index (χ4n) is 1.91. The number of oxime groups is 1. The lowest BCUT2D eigenvalue weighted by Gasteiger charge is -2.13. The minimum Gasteiger partial charge on any atom is -0.409 e. The second-order valence-corrected chi connectivity index (χ2v) is 4.56. The van der Waals surface area contributed by atoms with Gasteiger partial charge in [0.2, 0.25) is 0 Å². The number of aryl methyl sites for hydroxylation is 1. The quantitative estimate of drug-likeness (QED) is 0.326. The van der Waals surface area contributed by atoms with E-state index in [0.29, 0.717) is 17.0 Å². The summed E-state index contributed by atoms with van der Waals surface area (Å²) in [5, 5.41) is 22.1. The molecule has 1 heterocycles. The van der Waals surface area contributed by atoms with Crippen LogP contribution in [0.25, 0.3) is 0 Å². The van der Waals surface area contributed by atoms with Crippen LogP contribution in [0.5, 0.6) is 0 Å². The highest BCUT2D eigenvalue weighted by Gasteiger charge is 2.15. The summed E-state index contributed by atoms with van der Waals surface area (Å²) in [5.74, 6) is 0.319. The molecule has 0 aliphatic carbocycles. The first-order valence-corrected chi connectivity index (χ1v) is 6.25. The van der Waals surface area contributed by atoms with E-state index in [9.17, 15) is 4.79 Å². The number of carbonyl (C=O) groups excluding carboxylic acids is 1. The van der Waals surface area contributed by atoms with E-state index in [1.807, 2.05) is 6.92 Å². The minimum absolute atomic E-state index is 0.0500. The van der Waals surface area contributed by atoms with Gasteiger partial charge in [0.1, 0.15) is 6.33 Å². The Labute approximate surface area is 121 Å². The standard InChI is InChI=1S/C13H16N6O2/c1-8(12-17-15-7-19(12)2)16-13(20)10-5-3-4-9(6-10)11(14)18-21/h3-8,21H,1-2H3,(H2,14,18)(H,16,20). The zero-order valence-electron chi connectivity index (χ0n) is 11.7. The molecule has 2 aromatic rings.